The van der Waals surface area contributed by atoms with Crippen molar-refractivity contribution in [3.05, 3.63) is 58.9 Å². The molecule has 0 unspecified atom stereocenters. The summed E-state index contributed by atoms with van der Waals surface area (Å²) in [4.78, 5) is 11.6. The lowest BCUT2D eigenvalue weighted by atomic mass is 10.1. The molecule has 23 heavy (non-hydrogen) atoms. The smallest absolute Gasteiger partial charge is 0.189 e. The van der Waals surface area contributed by atoms with Crippen LogP contribution in [0.2, 0.25) is 0 Å². The van der Waals surface area contributed by atoms with Crippen LogP contribution in [0.1, 0.15) is 34.8 Å². The van der Waals surface area contributed by atoms with Crippen LogP contribution in [0.25, 0.3) is 0 Å². The predicted octanol–water partition coefficient (Wildman–Crippen LogP) is 3.86. The Morgan fingerprint density at radius 2 is 2.04 bits per heavy atom. The summed E-state index contributed by atoms with van der Waals surface area (Å²) < 4.78 is 29.9. The van der Waals surface area contributed by atoms with E-state index in [4.69, 9.17) is 14.2 Å². The highest BCUT2D eigenvalue weighted by Crippen LogP contribution is 2.30. The standard InChI is InChI=1S/C18H17FO4/c1-2-17(20)12-3-5-16(6-4-12)22-10-14-8-15(19)7-13-9-21-11-23-18(13)14/h3-8H,2,9-11H2,1H3. The van der Waals surface area contributed by atoms with Gasteiger partial charge in [-0.3, -0.25) is 4.79 Å². The van der Waals surface area contributed by atoms with Gasteiger partial charge in [0.2, 0.25) is 0 Å². The lowest BCUT2D eigenvalue weighted by molar-refractivity contribution is -0.0178. The molecule has 0 N–H and O–H groups in total. The fourth-order valence-corrected chi connectivity index (χ4v) is 2.47. The first-order valence-corrected chi connectivity index (χ1v) is 7.45. The van der Waals surface area contributed by atoms with Crippen LogP contribution >= 0.6 is 0 Å². The van der Waals surface area contributed by atoms with E-state index in [0.29, 0.717) is 41.2 Å². The number of halogens is 1. The average molecular weight is 316 g/mol. The molecule has 120 valence electrons. The first-order chi connectivity index (χ1) is 11.2. The second kappa shape index (κ2) is 6.79. The molecule has 0 saturated carbocycles. The number of ketones is 1. The molecule has 0 amide bonds. The van der Waals surface area contributed by atoms with Crippen molar-refractivity contribution >= 4 is 5.78 Å². The summed E-state index contributed by atoms with van der Waals surface area (Å²) in [6.45, 7) is 2.48. The maximum absolute atomic E-state index is 13.7. The first kappa shape index (κ1) is 15.5. The summed E-state index contributed by atoms with van der Waals surface area (Å²) in [5.41, 5.74) is 1.97. The molecule has 0 aromatic heterocycles. The molecule has 0 saturated heterocycles. The van der Waals surface area contributed by atoms with Gasteiger partial charge in [-0.25, -0.2) is 4.39 Å². The number of hydrogen-bond acceptors (Lipinski definition) is 4. The molecule has 2 aromatic rings. The topological polar surface area (TPSA) is 44.8 Å². The molecule has 1 heterocycles. The van der Waals surface area contributed by atoms with Crippen molar-refractivity contribution in [1.82, 2.24) is 0 Å². The Morgan fingerprint density at radius 1 is 1.26 bits per heavy atom. The van der Waals surface area contributed by atoms with Crippen LogP contribution in [0.5, 0.6) is 11.5 Å². The molecule has 0 fully saturated rings. The SMILES string of the molecule is CCC(=O)c1ccc(OCc2cc(F)cc3c2OCOC3)cc1. The number of ether oxygens (including phenoxy) is 3. The molecule has 1 aliphatic heterocycles. The van der Waals surface area contributed by atoms with Gasteiger partial charge >= 0.3 is 0 Å². The van der Waals surface area contributed by atoms with Crippen molar-refractivity contribution < 1.29 is 23.4 Å². The summed E-state index contributed by atoms with van der Waals surface area (Å²) in [6.07, 6.45) is 0.467. The van der Waals surface area contributed by atoms with Gasteiger partial charge < -0.3 is 14.2 Å². The minimum Gasteiger partial charge on any atom is -0.489 e. The third-order valence-electron chi connectivity index (χ3n) is 3.64. The van der Waals surface area contributed by atoms with E-state index >= 15 is 0 Å². The highest BCUT2D eigenvalue weighted by molar-refractivity contribution is 5.95. The number of Topliss-reactive ketones (excluding diaryl/α,β-unsaturated/α-hetero) is 1. The van der Waals surface area contributed by atoms with Gasteiger partial charge in [-0.15, -0.1) is 0 Å². The Bertz CT molecular complexity index is 710. The fourth-order valence-electron chi connectivity index (χ4n) is 2.47. The lowest BCUT2D eigenvalue weighted by Crippen LogP contribution is -2.14. The number of carbonyl (C=O) groups excluding carboxylic acids is 1. The first-order valence-electron chi connectivity index (χ1n) is 7.45. The minimum atomic E-state index is -0.347. The van der Waals surface area contributed by atoms with Gasteiger partial charge in [-0.05, 0) is 36.4 Å². The van der Waals surface area contributed by atoms with Crippen LogP contribution < -0.4 is 9.47 Å². The van der Waals surface area contributed by atoms with Gasteiger partial charge in [0.1, 0.15) is 23.9 Å². The molecule has 0 atom stereocenters. The normalized spacial score (nSPS) is 13.1. The van der Waals surface area contributed by atoms with E-state index in [9.17, 15) is 9.18 Å². The Labute approximate surface area is 133 Å². The van der Waals surface area contributed by atoms with Gasteiger partial charge in [0, 0.05) is 23.1 Å². The number of hydrogen-bond donors (Lipinski definition) is 0. The Balaban J connectivity index is 1.73. The molecule has 0 spiro atoms. The third-order valence-corrected chi connectivity index (χ3v) is 3.64. The fraction of sp³-hybridized carbons (Fsp3) is 0.278. The van der Waals surface area contributed by atoms with Gasteiger partial charge in [0.05, 0.1) is 6.61 Å². The quantitative estimate of drug-likeness (QED) is 0.786. The van der Waals surface area contributed by atoms with Gasteiger partial charge in [-0.1, -0.05) is 6.92 Å². The van der Waals surface area contributed by atoms with Crippen molar-refractivity contribution in [2.75, 3.05) is 6.79 Å². The van der Waals surface area contributed by atoms with E-state index in [1.807, 2.05) is 6.92 Å². The molecule has 0 aliphatic carbocycles. The lowest BCUT2D eigenvalue weighted by Gasteiger charge is -2.21. The molecule has 0 radical (unpaired) electrons. The summed E-state index contributed by atoms with van der Waals surface area (Å²) in [5, 5.41) is 0. The van der Waals surface area contributed by atoms with E-state index in [2.05, 4.69) is 0 Å². The van der Waals surface area contributed by atoms with E-state index in [1.54, 1.807) is 24.3 Å². The van der Waals surface area contributed by atoms with E-state index in [-0.39, 0.29) is 25.0 Å². The van der Waals surface area contributed by atoms with Gasteiger partial charge in [-0.2, -0.15) is 0 Å². The maximum Gasteiger partial charge on any atom is 0.189 e. The third kappa shape index (κ3) is 3.51. The molecular formula is C18H17FO4. The molecule has 5 heteroatoms. The van der Waals surface area contributed by atoms with Crippen molar-refractivity contribution in [2.24, 2.45) is 0 Å². The summed E-state index contributed by atoms with van der Waals surface area (Å²) in [6, 6.07) is 9.73. The summed E-state index contributed by atoms with van der Waals surface area (Å²) >= 11 is 0. The van der Waals surface area contributed by atoms with Crippen LogP contribution in [-0.4, -0.2) is 12.6 Å². The second-order valence-corrected chi connectivity index (χ2v) is 5.25. The molecular weight excluding hydrogens is 299 g/mol. The van der Waals surface area contributed by atoms with Crippen LogP contribution in [0.4, 0.5) is 4.39 Å². The summed E-state index contributed by atoms with van der Waals surface area (Å²) in [7, 11) is 0. The van der Waals surface area contributed by atoms with Crippen molar-refractivity contribution in [2.45, 2.75) is 26.6 Å². The maximum atomic E-state index is 13.7. The second-order valence-electron chi connectivity index (χ2n) is 5.25. The predicted molar refractivity (Wildman–Crippen MR) is 82.1 cm³/mol. The molecule has 1 aliphatic rings. The minimum absolute atomic E-state index is 0.0872. The number of benzene rings is 2. The monoisotopic (exact) mass is 316 g/mol. The highest BCUT2D eigenvalue weighted by Gasteiger charge is 2.17. The van der Waals surface area contributed by atoms with E-state index in [1.165, 1.54) is 12.1 Å². The number of fused-ring (bicyclic) bond motifs is 1. The molecule has 3 rings (SSSR count). The molecule has 4 nitrogen and oxygen atoms in total. The zero-order valence-corrected chi connectivity index (χ0v) is 12.8. The average Bonchev–Trinajstić information content (AvgIpc) is 2.59. The van der Waals surface area contributed by atoms with Gasteiger partial charge in [0.25, 0.3) is 0 Å². The summed E-state index contributed by atoms with van der Waals surface area (Å²) in [5.74, 6) is 0.975. The Morgan fingerprint density at radius 3 is 2.78 bits per heavy atom. The van der Waals surface area contributed by atoms with Crippen molar-refractivity contribution in [3.63, 3.8) is 0 Å². The molecule has 2 aromatic carbocycles. The van der Waals surface area contributed by atoms with Crippen LogP contribution in [0.3, 0.4) is 0 Å². The number of carbonyl (C=O) groups is 1. The Hall–Kier alpha value is -2.40. The largest absolute Gasteiger partial charge is 0.489 e. The van der Waals surface area contributed by atoms with Crippen LogP contribution in [0.15, 0.2) is 36.4 Å². The highest BCUT2D eigenvalue weighted by atomic mass is 19.1. The van der Waals surface area contributed by atoms with E-state index in [0.717, 1.165) is 0 Å². The number of rotatable bonds is 5. The Kier molecular flexibility index (Phi) is 4.57. The van der Waals surface area contributed by atoms with Crippen LogP contribution in [-0.2, 0) is 18.0 Å². The van der Waals surface area contributed by atoms with Crippen LogP contribution in [0, 0.1) is 5.82 Å². The zero-order chi connectivity index (χ0) is 16.2. The van der Waals surface area contributed by atoms with Gasteiger partial charge in [0.15, 0.2) is 12.6 Å². The zero-order valence-electron chi connectivity index (χ0n) is 12.8. The van der Waals surface area contributed by atoms with E-state index < -0.39 is 0 Å². The van der Waals surface area contributed by atoms with Crippen molar-refractivity contribution in [1.29, 1.82) is 0 Å². The van der Waals surface area contributed by atoms with Crippen molar-refractivity contribution in [3.8, 4) is 11.5 Å². The molecule has 0 bridgehead atoms.